The number of amides is 1. The van der Waals surface area contributed by atoms with Crippen LogP contribution in [-0.4, -0.2) is 17.4 Å². The molecule has 0 saturated heterocycles. The average molecular weight is 328 g/mol. The monoisotopic (exact) mass is 328 g/mol. The molecule has 0 aliphatic carbocycles. The lowest BCUT2D eigenvalue weighted by molar-refractivity contribution is -0.384. The molecule has 1 atom stereocenters. The van der Waals surface area contributed by atoms with Gasteiger partial charge in [0.2, 0.25) is 5.91 Å². The number of fused-ring (bicyclic) bond motifs is 1. The van der Waals surface area contributed by atoms with Crippen LogP contribution in [0.25, 0.3) is 0 Å². The number of benzene rings is 2. The van der Waals surface area contributed by atoms with E-state index in [1.54, 1.807) is 23.1 Å². The number of nitro groups is 1. The number of carbonyl (C=O) groups is 1. The topological polar surface area (TPSA) is 63.5 Å². The number of carbonyl (C=O) groups excluding carboxylic acids is 1. The van der Waals surface area contributed by atoms with Crippen molar-refractivity contribution >= 4 is 17.3 Å². The molecular weight excluding hydrogens is 311 g/mol. The van der Waals surface area contributed by atoms with Crippen LogP contribution in [0.1, 0.15) is 30.4 Å². The van der Waals surface area contributed by atoms with Crippen molar-refractivity contribution in [2.75, 3.05) is 11.4 Å². The predicted octanol–water partition coefficient (Wildman–Crippen LogP) is 3.82. The minimum atomic E-state index is -0.456. The summed E-state index contributed by atoms with van der Waals surface area (Å²) in [7, 11) is 0. The van der Waals surface area contributed by atoms with Crippen LogP contribution in [0.5, 0.6) is 0 Å². The first-order valence-corrected chi connectivity index (χ1v) is 7.79. The second-order valence-corrected chi connectivity index (χ2v) is 6.02. The second-order valence-electron chi connectivity index (χ2n) is 6.02. The van der Waals surface area contributed by atoms with Gasteiger partial charge in [-0.25, -0.2) is 4.39 Å². The van der Waals surface area contributed by atoms with Crippen molar-refractivity contribution < 1.29 is 14.1 Å². The van der Waals surface area contributed by atoms with Crippen molar-refractivity contribution in [2.45, 2.75) is 25.7 Å². The molecule has 24 heavy (non-hydrogen) atoms. The zero-order valence-corrected chi connectivity index (χ0v) is 13.2. The first-order chi connectivity index (χ1) is 11.5. The first-order valence-electron chi connectivity index (χ1n) is 7.79. The second kappa shape index (κ2) is 6.39. The lowest BCUT2D eigenvalue weighted by atomic mass is 9.97. The molecule has 5 nitrogen and oxygen atoms in total. The Kier molecular flexibility index (Phi) is 4.29. The quantitative estimate of drug-likeness (QED) is 0.633. The van der Waals surface area contributed by atoms with Crippen LogP contribution in [0.3, 0.4) is 0 Å². The largest absolute Gasteiger partial charge is 0.312 e. The highest BCUT2D eigenvalue weighted by molar-refractivity contribution is 5.96. The summed E-state index contributed by atoms with van der Waals surface area (Å²) >= 11 is 0. The highest BCUT2D eigenvalue weighted by Gasteiger charge is 2.27. The molecule has 0 bridgehead atoms. The van der Waals surface area contributed by atoms with Gasteiger partial charge in [0.25, 0.3) is 5.69 Å². The molecule has 1 amide bonds. The Morgan fingerprint density at radius 3 is 2.67 bits per heavy atom. The summed E-state index contributed by atoms with van der Waals surface area (Å²) in [6.45, 7) is 2.45. The van der Waals surface area contributed by atoms with Crippen LogP contribution in [0, 0.1) is 15.9 Å². The number of hydrogen-bond acceptors (Lipinski definition) is 3. The maximum atomic E-state index is 13.0. The van der Waals surface area contributed by atoms with E-state index in [0.717, 1.165) is 11.1 Å². The van der Waals surface area contributed by atoms with Gasteiger partial charge >= 0.3 is 0 Å². The van der Waals surface area contributed by atoms with Crippen LogP contribution < -0.4 is 4.90 Å². The van der Waals surface area contributed by atoms with Gasteiger partial charge in [-0.05, 0) is 35.6 Å². The molecule has 0 spiro atoms. The molecule has 2 aromatic carbocycles. The van der Waals surface area contributed by atoms with E-state index in [1.807, 2.05) is 6.92 Å². The van der Waals surface area contributed by atoms with E-state index in [2.05, 4.69) is 0 Å². The van der Waals surface area contributed by atoms with Gasteiger partial charge in [-0.15, -0.1) is 0 Å². The third kappa shape index (κ3) is 3.13. The molecule has 3 rings (SSSR count). The molecule has 0 radical (unpaired) electrons. The highest BCUT2D eigenvalue weighted by atomic mass is 19.1. The lowest BCUT2D eigenvalue weighted by Gasteiger charge is -2.20. The molecule has 1 heterocycles. The van der Waals surface area contributed by atoms with Gasteiger partial charge in [-0.1, -0.05) is 25.1 Å². The van der Waals surface area contributed by atoms with Gasteiger partial charge < -0.3 is 4.90 Å². The normalized spacial score (nSPS) is 14.3. The van der Waals surface area contributed by atoms with Crippen LogP contribution >= 0.6 is 0 Å². The van der Waals surface area contributed by atoms with E-state index in [9.17, 15) is 19.3 Å². The van der Waals surface area contributed by atoms with Crippen LogP contribution in [0.4, 0.5) is 15.8 Å². The summed E-state index contributed by atoms with van der Waals surface area (Å²) in [5.41, 5.74) is 2.45. The molecule has 0 saturated carbocycles. The molecule has 0 N–H and O–H groups in total. The molecule has 1 aliphatic rings. The fourth-order valence-electron chi connectivity index (χ4n) is 3.02. The SMILES string of the molecule is CC(CC(=O)N1CCc2ccc([N+](=O)[O-])cc21)c1ccc(F)cc1. The molecule has 6 heteroatoms. The van der Waals surface area contributed by atoms with Crippen molar-refractivity contribution in [1.82, 2.24) is 0 Å². The third-order valence-electron chi connectivity index (χ3n) is 4.40. The third-order valence-corrected chi connectivity index (χ3v) is 4.40. The number of anilines is 1. The zero-order chi connectivity index (χ0) is 17.3. The zero-order valence-electron chi connectivity index (χ0n) is 13.2. The fourth-order valence-corrected chi connectivity index (χ4v) is 3.02. The summed E-state index contributed by atoms with van der Waals surface area (Å²) in [6, 6.07) is 10.8. The highest BCUT2D eigenvalue weighted by Crippen LogP contribution is 2.33. The van der Waals surface area contributed by atoms with Crippen molar-refractivity contribution in [3.05, 3.63) is 69.5 Å². The van der Waals surface area contributed by atoms with Crippen LogP contribution in [0.2, 0.25) is 0 Å². The maximum absolute atomic E-state index is 13.0. The number of rotatable bonds is 4. The van der Waals surface area contributed by atoms with Crippen LogP contribution in [0.15, 0.2) is 42.5 Å². The van der Waals surface area contributed by atoms with E-state index in [-0.39, 0.29) is 29.8 Å². The van der Waals surface area contributed by atoms with Gasteiger partial charge in [-0.2, -0.15) is 0 Å². The van der Waals surface area contributed by atoms with E-state index < -0.39 is 4.92 Å². The van der Waals surface area contributed by atoms with E-state index in [1.165, 1.54) is 24.3 Å². The number of halogens is 1. The fraction of sp³-hybridized carbons (Fsp3) is 0.278. The van der Waals surface area contributed by atoms with E-state index in [0.29, 0.717) is 18.7 Å². The summed E-state index contributed by atoms with van der Waals surface area (Å²) in [5, 5.41) is 10.9. The van der Waals surface area contributed by atoms with Crippen molar-refractivity contribution in [1.29, 1.82) is 0 Å². The number of nitrogens with zero attached hydrogens (tertiary/aromatic N) is 2. The number of non-ortho nitro benzene ring substituents is 1. The molecule has 124 valence electrons. The molecule has 2 aromatic rings. The van der Waals surface area contributed by atoms with Gasteiger partial charge in [0.15, 0.2) is 0 Å². The number of hydrogen-bond donors (Lipinski definition) is 0. The summed E-state index contributed by atoms with van der Waals surface area (Å²) in [5.74, 6) is -0.440. The summed E-state index contributed by atoms with van der Waals surface area (Å²) in [6.07, 6.45) is 0.970. The van der Waals surface area contributed by atoms with Crippen molar-refractivity contribution in [3.63, 3.8) is 0 Å². The molecule has 0 fully saturated rings. The number of nitro benzene ring substituents is 1. The Morgan fingerprint density at radius 1 is 1.29 bits per heavy atom. The average Bonchev–Trinajstić information content (AvgIpc) is 2.98. The lowest BCUT2D eigenvalue weighted by Crippen LogP contribution is -2.29. The Morgan fingerprint density at radius 2 is 2.00 bits per heavy atom. The standard InChI is InChI=1S/C18H17FN2O3/c1-12(13-2-5-15(19)6-3-13)10-18(22)20-9-8-14-4-7-16(21(23)24)11-17(14)20/h2-7,11-12H,8-10H2,1H3. The Labute approximate surface area is 138 Å². The van der Waals surface area contributed by atoms with Crippen molar-refractivity contribution in [2.24, 2.45) is 0 Å². The minimum Gasteiger partial charge on any atom is -0.312 e. The van der Waals surface area contributed by atoms with Gasteiger partial charge in [-0.3, -0.25) is 14.9 Å². The maximum Gasteiger partial charge on any atom is 0.271 e. The molecule has 0 aromatic heterocycles. The molecular formula is C18H17FN2O3. The Hall–Kier alpha value is -2.76. The van der Waals surface area contributed by atoms with E-state index in [4.69, 9.17) is 0 Å². The Bertz CT molecular complexity index is 789. The van der Waals surface area contributed by atoms with Gasteiger partial charge in [0, 0.05) is 25.1 Å². The van der Waals surface area contributed by atoms with Crippen LogP contribution in [-0.2, 0) is 11.2 Å². The molecule has 1 aliphatic heterocycles. The minimum absolute atomic E-state index is 0.0139. The van der Waals surface area contributed by atoms with Gasteiger partial charge in [0.05, 0.1) is 10.6 Å². The van der Waals surface area contributed by atoms with Crippen molar-refractivity contribution in [3.8, 4) is 0 Å². The van der Waals surface area contributed by atoms with E-state index >= 15 is 0 Å². The Balaban J connectivity index is 1.76. The summed E-state index contributed by atoms with van der Waals surface area (Å²) < 4.78 is 13.0. The first kappa shape index (κ1) is 16.1. The summed E-state index contributed by atoms with van der Waals surface area (Å²) in [4.78, 5) is 24.7. The molecule has 1 unspecified atom stereocenters. The predicted molar refractivity (Wildman–Crippen MR) is 88.6 cm³/mol. The smallest absolute Gasteiger partial charge is 0.271 e. The van der Waals surface area contributed by atoms with Gasteiger partial charge in [0.1, 0.15) is 5.82 Å².